The molecule has 0 N–H and O–H groups in total. The van der Waals surface area contributed by atoms with Gasteiger partial charge in [-0.1, -0.05) is 0 Å². The van der Waals surface area contributed by atoms with Crippen molar-refractivity contribution in [1.82, 2.24) is 0 Å². The van der Waals surface area contributed by atoms with Gasteiger partial charge in [0.05, 0.1) is 0 Å². The first-order chi connectivity index (χ1) is 5.90. The summed E-state index contributed by atoms with van der Waals surface area (Å²) in [7, 11) is 0. The zero-order chi connectivity index (χ0) is 8.39. The minimum atomic E-state index is 0.484. The standard InChI is InChI=1S/C9H5NSSe/c10-6-7-3-4-8(11-7)9-2-1-5-12-9/h1-5H. The van der Waals surface area contributed by atoms with Gasteiger partial charge in [-0.05, 0) is 0 Å². The first-order valence-electron chi connectivity index (χ1n) is 3.44. The molecule has 2 rings (SSSR count). The molecule has 0 fully saturated rings. The van der Waals surface area contributed by atoms with E-state index in [4.69, 9.17) is 5.26 Å². The first kappa shape index (κ1) is 7.82. The molecular formula is C9H5NSSe. The first-order valence-corrected chi connectivity index (χ1v) is 6.10. The maximum absolute atomic E-state index is 8.62. The molecule has 0 aliphatic carbocycles. The van der Waals surface area contributed by atoms with Crippen LogP contribution >= 0.6 is 11.3 Å². The van der Waals surface area contributed by atoms with Crippen molar-refractivity contribution in [2.75, 3.05) is 0 Å². The summed E-state index contributed by atoms with van der Waals surface area (Å²) in [6.45, 7) is 0. The maximum atomic E-state index is 8.62. The Morgan fingerprint density at radius 3 is 2.83 bits per heavy atom. The number of hydrogen-bond acceptors (Lipinski definition) is 2. The zero-order valence-corrected chi connectivity index (χ0v) is 8.68. The molecule has 0 atom stereocenters. The van der Waals surface area contributed by atoms with Gasteiger partial charge in [0.1, 0.15) is 0 Å². The number of nitriles is 1. The molecule has 2 heterocycles. The Kier molecular flexibility index (Phi) is 2.14. The van der Waals surface area contributed by atoms with Gasteiger partial charge in [-0.2, -0.15) is 0 Å². The molecule has 0 radical (unpaired) electrons. The SMILES string of the molecule is N#Cc1ccc(-c2ccc[se]2)s1. The summed E-state index contributed by atoms with van der Waals surface area (Å²) in [5.74, 6) is 0. The number of hydrogen-bond donors (Lipinski definition) is 0. The number of rotatable bonds is 1. The van der Waals surface area contributed by atoms with E-state index < -0.39 is 0 Å². The van der Waals surface area contributed by atoms with Crippen LogP contribution in [0.5, 0.6) is 0 Å². The topological polar surface area (TPSA) is 23.8 Å². The van der Waals surface area contributed by atoms with E-state index in [1.54, 1.807) is 11.3 Å². The molecule has 0 saturated heterocycles. The van der Waals surface area contributed by atoms with E-state index >= 15 is 0 Å². The second kappa shape index (κ2) is 3.28. The van der Waals surface area contributed by atoms with Crippen molar-refractivity contribution < 1.29 is 0 Å². The summed E-state index contributed by atoms with van der Waals surface area (Å²) < 4.78 is 1.38. The van der Waals surface area contributed by atoms with Crippen LogP contribution in [0.15, 0.2) is 29.2 Å². The van der Waals surface area contributed by atoms with Crippen molar-refractivity contribution in [3.05, 3.63) is 34.1 Å². The molecule has 3 heteroatoms. The molecule has 0 amide bonds. The molecule has 0 aliphatic heterocycles. The van der Waals surface area contributed by atoms with Gasteiger partial charge in [0.25, 0.3) is 0 Å². The predicted molar refractivity (Wildman–Crippen MR) is 51.4 cm³/mol. The van der Waals surface area contributed by atoms with Crippen molar-refractivity contribution in [2.45, 2.75) is 0 Å². The van der Waals surface area contributed by atoms with E-state index in [0.29, 0.717) is 14.5 Å². The second-order valence-electron chi connectivity index (χ2n) is 2.25. The van der Waals surface area contributed by atoms with E-state index in [1.807, 2.05) is 12.1 Å². The number of thiophene rings is 1. The fourth-order valence-corrected chi connectivity index (χ4v) is 3.54. The summed E-state index contributed by atoms with van der Waals surface area (Å²) in [5, 5.41) is 8.62. The molecule has 0 aliphatic rings. The summed E-state index contributed by atoms with van der Waals surface area (Å²) in [5.41, 5.74) is 0. The average Bonchev–Trinajstić information content (AvgIpc) is 2.75. The van der Waals surface area contributed by atoms with Crippen LogP contribution in [0.4, 0.5) is 0 Å². The normalized spacial score (nSPS) is 9.58. The average molecular weight is 238 g/mol. The van der Waals surface area contributed by atoms with E-state index in [9.17, 15) is 0 Å². The van der Waals surface area contributed by atoms with Crippen LogP contribution < -0.4 is 0 Å². The third kappa shape index (κ3) is 1.37. The Morgan fingerprint density at radius 1 is 1.33 bits per heavy atom. The van der Waals surface area contributed by atoms with E-state index in [1.165, 1.54) is 9.31 Å². The van der Waals surface area contributed by atoms with Crippen LogP contribution in [0.3, 0.4) is 0 Å². The molecule has 58 valence electrons. The zero-order valence-electron chi connectivity index (χ0n) is 6.15. The third-order valence-electron chi connectivity index (χ3n) is 1.48. The van der Waals surface area contributed by atoms with Gasteiger partial charge in [-0.3, -0.25) is 0 Å². The van der Waals surface area contributed by atoms with Crippen molar-refractivity contribution >= 4 is 25.8 Å². The summed E-state index contributed by atoms with van der Waals surface area (Å²) >= 11 is 2.06. The summed E-state index contributed by atoms with van der Waals surface area (Å²) in [4.78, 5) is 4.24. The Morgan fingerprint density at radius 2 is 2.25 bits per heavy atom. The third-order valence-corrected chi connectivity index (χ3v) is 4.69. The van der Waals surface area contributed by atoms with E-state index in [2.05, 4.69) is 23.1 Å². The van der Waals surface area contributed by atoms with Gasteiger partial charge >= 0.3 is 80.6 Å². The van der Waals surface area contributed by atoms with Crippen LogP contribution in [0.1, 0.15) is 4.88 Å². The summed E-state index contributed by atoms with van der Waals surface area (Å²) in [6, 6.07) is 10.3. The molecule has 12 heavy (non-hydrogen) atoms. The molecule has 0 spiro atoms. The van der Waals surface area contributed by atoms with E-state index in [-0.39, 0.29) is 0 Å². The van der Waals surface area contributed by atoms with Crippen molar-refractivity contribution in [3.8, 4) is 15.4 Å². The Bertz CT molecular complexity index is 408. The van der Waals surface area contributed by atoms with E-state index in [0.717, 1.165) is 4.88 Å². The molecule has 0 saturated carbocycles. The van der Waals surface area contributed by atoms with Gasteiger partial charge in [-0.15, -0.1) is 0 Å². The Labute approximate surface area is 80.6 Å². The van der Waals surface area contributed by atoms with Crippen LogP contribution in [-0.2, 0) is 0 Å². The van der Waals surface area contributed by atoms with Crippen LogP contribution in [0.25, 0.3) is 9.31 Å². The fourth-order valence-electron chi connectivity index (χ4n) is 0.949. The molecule has 2 aromatic heterocycles. The molecule has 0 bridgehead atoms. The number of nitrogens with zero attached hydrogens (tertiary/aromatic N) is 1. The predicted octanol–water partition coefficient (Wildman–Crippen LogP) is 2.34. The Balaban J connectivity index is 2.44. The van der Waals surface area contributed by atoms with Gasteiger partial charge < -0.3 is 0 Å². The molecule has 0 unspecified atom stereocenters. The quantitative estimate of drug-likeness (QED) is 0.699. The van der Waals surface area contributed by atoms with Crippen LogP contribution in [0.2, 0.25) is 0 Å². The molecule has 2 aromatic rings. The van der Waals surface area contributed by atoms with Crippen molar-refractivity contribution in [3.63, 3.8) is 0 Å². The minimum absolute atomic E-state index is 0.484. The Hall–Kier alpha value is -0.811. The van der Waals surface area contributed by atoms with Gasteiger partial charge in [0.2, 0.25) is 0 Å². The van der Waals surface area contributed by atoms with Crippen LogP contribution in [-0.4, -0.2) is 14.5 Å². The van der Waals surface area contributed by atoms with Crippen LogP contribution in [0, 0.1) is 11.3 Å². The van der Waals surface area contributed by atoms with Crippen molar-refractivity contribution in [2.24, 2.45) is 0 Å². The van der Waals surface area contributed by atoms with Gasteiger partial charge in [-0.25, -0.2) is 0 Å². The van der Waals surface area contributed by atoms with Crippen molar-refractivity contribution in [1.29, 1.82) is 5.26 Å². The summed E-state index contributed by atoms with van der Waals surface area (Å²) in [6.07, 6.45) is 0. The molecular weight excluding hydrogens is 233 g/mol. The fraction of sp³-hybridized carbons (Fsp3) is 0. The van der Waals surface area contributed by atoms with Gasteiger partial charge in [0, 0.05) is 0 Å². The van der Waals surface area contributed by atoms with Gasteiger partial charge in [0.15, 0.2) is 0 Å². The monoisotopic (exact) mass is 239 g/mol. The second-order valence-corrected chi connectivity index (χ2v) is 5.33. The molecule has 0 aromatic carbocycles. The molecule has 1 nitrogen and oxygen atoms in total.